The third-order valence-electron chi connectivity index (χ3n) is 6.44. The van der Waals surface area contributed by atoms with Gasteiger partial charge in [-0.1, -0.05) is 30.8 Å². The molecule has 1 atom stereocenters. The molecule has 0 spiro atoms. The molecule has 3 heterocycles. The van der Waals surface area contributed by atoms with E-state index < -0.39 is 15.9 Å². The van der Waals surface area contributed by atoms with E-state index in [1.807, 2.05) is 23.6 Å². The maximum Gasteiger partial charge on any atom is 0.279 e. The zero-order chi connectivity index (χ0) is 24.6. The first kappa shape index (κ1) is 23.8. The summed E-state index contributed by atoms with van der Waals surface area (Å²) in [4.78, 5) is 18.1. The molecule has 10 heteroatoms. The van der Waals surface area contributed by atoms with Gasteiger partial charge in [-0.3, -0.25) is 4.79 Å². The molecule has 0 bridgehead atoms. The Labute approximate surface area is 208 Å². The number of aromatic nitrogens is 1. The van der Waals surface area contributed by atoms with Gasteiger partial charge in [0.2, 0.25) is 16.8 Å². The van der Waals surface area contributed by atoms with Crippen LogP contribution in [0.15, 0.2) is 58.9 Å². The molecule has 1 unspecified atom stereocenters. The van der Waals surface area contributed by atoms with Gasteiger partial charge in [0.25, 0.3) is 5.91 Å². The van der Waals surface area contributed by atoms with E-state index in [1.54, 1.807) is 10.4 Å². The Morgan fingerprint density at radius 2 is 1.94 bits per heavy atom. The Bertz CT molecular complexity index is 1450. The van der Waals surface area contributed by atoms with Crippen LogP contribution >= 0.6 is 11.3 Å². The number of rotatable bonds is 6. The smallest absolute Gasteiger partial charge is 0.279 e. The molecule has 184 valence electrons. The maximum atomic E-state index is 13.2. The third-order valence-corrected chi connectivity index (χ3v) is 9.45. The van der Waals surface area contributed by atoms with Gasteiger partial charge in [-0.05, 0) is 43.5 Å². The average molecular weight is 514 g/mol. The molecule has 0 saturated carbocycles. The van der Waals surface area contributed by atoms with E-state index in [0.29, 0.717) is 35.0 Å². The van der Waals surface area contributed by atoms with E-state index in [1.165, 1.54) is 35.6 Å². The largest absolute Gasteiger partial charge is 0.454 e. The predicted octanol–water partition coefficient (Wildman–Crippen LogP) is 4.31. The summed E-state index contributed by atoms with van der Waals surface area (Å²) in [7, 11) is -3.61. The first-order valence-electron chi connectivity index (χ1n) is 11.7. The molecule has 5 rings (SSSR count). The van der Waals surface area contributed by atoms with Crippen LogP contribution in [0.3, 0.4) is 0 Å². The summed E-state index contributed by atoms with van der Waals surface area (Å²) in [6.45, 7) is 7.02. The van der Waals surface area contributed by atoms with Gasteiger partial charge in [-0.15, -0.1) is 6.58 Å². The van der Waals surface area contributed by atoms with E-state index >= 15 is 0 Å². The van der Waals surface area contributed by atoms with E-state index in [9.17, 15) is 13.2 Å². The fourth-order valence-corrected chi connectivity index (χ4v) is 7.42. The number of ether oxygens (including phenoxy) is 2. The normalized spacial score (nSPS) is 18.8. The van der Waals surface area contributed by atoms with Crippen LogP contribution in [0.4, 0.5) is 0 Å². The van der Waals surface area contributed by atoms with Crippen molar-refractivity contribution >= 4 is 37.5 Å². The van der Waals surface area contributed by atoms with Crippen molar-refractivity contribution in [3.8, 4) is 11.5 Å². The van der Waals surface area contributed by atoms with Crippen LogP contribution in [0.1, 0.15) is 43.0 Å². The molecular formula is C25H27N3O5S2. The highest BCUT2D eigenvalue weighted by atomic mass is 32.2. The fraction of sp³-hybridized carbons (Fsp3) is 0.360. The molecule has 2 aliphatic rings. The summed E-state index contributed by atoms with van der Waals surface area (Å²) >= 11 is 1.37. The number of piperidine rings is 1. The molecule has 0 N–H and O–H groups in total. The molecule has 2 aliphatic heterocycles. The molecule has 1 saturated heterocycles. The lowest BCUT2D eigenvalue weighted by atomic mass is 10.0. The summed E-state index contributed by atoms with van der Waals surface area (Å²) < 4.78 is 41.8. The second-order valence-electron chi connectivity index (χ2n) is 8.57. The van der Waals surface area contributed by atoms with Gasteiger partial charge < -0.3 is 14.0 Å². The minimum Gasteiger partial charge on any atom is -0.454 e. The molecule has 0 aliphatic carbocycles. The highest BCUT2D eigenvalue weighted by Gasteiger charge is 2.32. The number of thiazole rings is 1. The van der Waals surface area contributed by atoms with Crippen LogP contribution in [0.5, 0.6) is 11.5 Å². The molecule has 2 aromatic carbocycles. The van der Waals surface area contributed by atoms with Gasteiger partial charge >= 0.3 is 0 Å². The molecule has 0 radical (unpaired) electrons. The number of carbonyl (C=O) groups excluding carboxylic acids is 1. The van der Waals surface area contributed by atoms with Crippen LogP contribution in [0.25, 0.3) is 10.2 Å². The Balaban J connectivity index is 1.46. The Kier molecular flexibility index (Phi) is 6.52. The minimum atomic E-state index is -3.61. The van der Waals surface area contributed by atoms with E-state index in [-0.39, 0.29) is 17.7 Å². The molecule has 1 amide bonds. The quantitative estimate of drug-likeness (QED) is 0.458. The number of sulfonamides is 1. The molecule has 1 fully saturated rings. The highest BCUT2D eigenvalue weighted by Crippen LogP contribution is 2.37. The van der Waals surface area contributed by atoms with E-state index in [2.05, 4.69) is 11.6 Å². The highest BCUT2D eigenvalue weighted by molar-refractivity contribution is 7.89. The second kappa shape index (κ2) is 9.60. The SMILES string of the molecule is C=CCn1c(=NC(=O)c2ccc(S(=O)(=O)N3CCCCC3CC)cc2)sc2cc3c(cc21)OCO3. The molecule has 35 heavy (non-hydrogen) atoms. The van der Waals surface area contributed by atoms with Crippen LogP contribution in [0.2, 0.25) is 0 Å². The minimum absolute atomic E-state index is 0.0236. The van der Waals surface area contributed by atoms with Crippen molar-refractivity contribution in [2.24, 2.45) is 4.99 Å². The van der Waals surface area contributed by atoms with Crippen molar-refractivity contribution in [3.63, 3.8) is 0 Å². The van der Waals surface area contributed by atoms with Crippen molar-refractivity contribution in [3.05, 3.63) is 59.4 Å². The molecule has 1 aromatic heterocycles. The summed E-state index contributed by atoms with van der Waals surface area (Å²) in [5.41, 5.74) is 1.20. The summed E-state index contributed by atoms with van der Waals surface area (Å²) in [5, 5.41) is 0. The van der Waals surface area contributed by atoms with Gasteiger partial charge in [0, 0.05) is 36.8 Å². The first-order chi connectivity index (χ1) is 16.9. The second-order valence-corrected chi connectivity index (χ2v) is 11.5. The standard InChI is InChI=1S/C25H27N3O5S2/c1-3-12-27-20-14-21-22(33-16-32-21)15-23(20)34-25(27)26-24(29)17-8-10-19(11-9-17)35(30,31)28-13-6-5-7-18(28)4-2/h3,8-11,14-15,18H,1,4-7,12-13,16H2,2H3. The summed E-state index contributed by atoms with van der Waals surface area (Å²) in [6.07, 6.45) is 5.32. The summed E-state index contributed by atoms with van der Waals surface area (Å²) in [6, 6.07) is 9.86. The third kappa shape index (κ3) is 4.41. The Morgan fingerprint density at radius 3 is 2.66 bits per heavy atom. The zero-order valence-electron chi connectivity index (χ0n) is 19.5. The maximum absolute atomic E-state index is 13.2. The van der Waals surface area contributed by atoms with Crippen molar-refractivity contribution < 1.29 is 22.7 Å². The van der Waals surface area contributed by atoms with E-state index in [4.69, 9.17) is 9.47 Å². The Hall–Kier alpha value is -2.95. The van der Waals surface area contributed by atoms with Crippen molar-refractivity contribution in [2.45, 2.75) is 50.1 Å². The zero-order valence-corrected chi connectivity index (χ0v) is 21.1. The number of nitrogens with zero attached hydrogens (tertiary/aromatic N) is 3. The van der Waals surface area contributed by atoms with Gasteiger partial charge in [0.1, 0.15) is 0 Å². The van der Waals surface area contributed by atoms with Gasteiger partial charge in [-0.2, -0.15) is 9.30 Å². The lowest BCUT2D eigenvalue weighted by molar-refractivity contribution is 0.0997. The van der Waals surface area contributed by atoms with Crippen LogP contribution in [0, 0.1) is 0 Å². The Morgan fingerprint density at radius 1 is 1.20 bits per heavy atom. The number of carbonyl (C=O) groups is 1. The van der Waals surface area contributed by atoms with Crippen molar-refractivity contribution in [1.82, 2.24) is 8.87 Å². The average Bonchev–Trinajstić information content (AvgIpc) is 3.46. The topological polar surface area (TPSA) is 90.2 Å². The molecular weight excluding hydrogens is 486 g/mol. The summed E-state index contributed by atoms with van der Waals surface area (Å²) in [5.74, 6) is 0.878. The molecule has 3 aromatic rings. The first-order valence-corrected chi connectivity index (χ1v) is 13.9. The van der Waals surface area contributed by atoms with Crippen molar-refractivity contribution in [2.75, 3.05) is 13.3 Å². The number of hydrogen-bond donors (Lipinski definition) is 0. The van der Waals surface area contributed by atoms with Gasteiger partial charge in [-0.25, -0.2) is 8.42 Å². The number of hydrogen-bond acceptors (Lipinski definition) is 6. The predicted molar refractivity (Wildman–Crippen MR) is 134 cm³/mol. The fourth-order valence-electron chi connectivity index (χ4n) is 4.61. The number of benzene rings is 2. The van der Waals surface area contributed by atoms with Crippen LogP contribution < -0.4 is 14.3 Å². The number of fused-ring (bicyclic) bond motifs is 2. The van der Waals surface area contributed by atoms with Gasteiger partial charge in [0.05, 0.1) is 15.1 Å². The van der Waals surface area contributed by atoms with Crippen molar-refractivity contribution in [1.29, 1.82) is 0 Å². The van der Waals surface area contributed by atoms with Gasteiger partial charge in [0.15, 0.2) is 16.3 Å². The lowest BCUT2D eigenvalue weighted by Crippen LogP contribution is -2.43. The van der Waals surface area contributed by atoms with Crippen LogP contribution in [-0.2, 0) is 16.6 Å². The lowest BCUT2D eigenvalue weighted by Gasteiger charge is -2.34. The number of allylic oxidation sites excluding steroid dienone is 1. The number of amides is 1. The van der Waals surface area contributed by atoms with E-state index in [0.717, 1.165) is 35.9 Å². The van der Waals surface area contributed by atoms with Crippen LogP contribution in [-0.4, -0.2) is 42.6 Å². The monoisotopic (exact) mass is 513 g/mol. The molecule has 8 nitrogen and oxygen atoms in total.